The molecule has 0 amide bonds. The van der Waals surface area contributed by atoms with E-state index in [1.807, 2.05) is 24.3 Å². The van der Waals surface area contributed by atoms with Crippen molar-refractivity contribution in [1.82, 2.24) is 9.80 Å². The van der Waals surface area contributed by atoms with Gasteiger partial charge in [0, 0.05) is 44.3 Å². The first kappa shape index (κ1) is 14.3. The molecule has 1 N–H and O–H groups in total. The van der Waals surface area contributed by atoms with Gasteiger partial charge < -0.3 is 10.0 Å². The second-order valence-corrected chi connectivity index (χ2v) is 6.55. The van der Waals surface area contributed by atoms with E-state index in [1.54, 1.807) is 0 Å². The maximum Gasteiger partial charge on any atom is 0.0916 e. The molecule has 2 aliphatic rings. The lowest BCUT2D eigenvalue weighted by Gasteiger charge is -2.35. The van der Waals surface area contributed by atoms with Crippen LogP contribution in [0.3, 0.4) is 0 Å². The summed E-state index contributed by atoms with van der Waals surface area (Å²) in [5.41, 5.74) is 0.954. The third kappa shape index (κ3) is 3.95. The van der Waals surface area contributed by atoms with Crippen molar-refractivity contribution in [3.05, 3.63) is 34.9 Å². The molecule has 110 valence electrons. The van der Waals surface area contributed by atoms with Crippen molar-refractivity contribution < 1.29 is 5.11 Å². The Labute approximate surface area is 126 Å². The SMILES string of the molecule is OC(CN1CCN(CC2CC2)CC1)c1ccc(Cl)cc1. The summed E-state index contributed by atoms with van der Waals surface area (Å²) in [6.07, 6.45) is 2.44. The predicted octanol–water partition coefficient (Wildman–Crippen LogP) is 2.40. The maximum absolute atomic E-state index is 10.3. The quantitative estimate of drug-likeness (QED) is 0.903. The van der Waals surface area contributed by atoms with Crippen LogP contribution in [0, 0.1) is 5.92 Å². The van der Waals surface area contributed by atoms with Crippen molar-refractivity contribution in [2.24, 2.45) is 5.92 Å². The Hall–Kier alpha value is -0.610. The van der Waals surface area contributed by atoms with Crippen LogP contribution in [-0.2, 0) is 0 Å². The maximum atomic E-state index is 10.3. The largest absolute Gasteiger partial charge is 0.387 e. The number of aliphatic hydroxyl groups excluding tert-OH is 1. The van der Waals surface area contributed by atoms with Crippen molar-refractivity contribution in [1.29, 1.82) is 0 Å². The smallest absolute Gasteiger partial charge is 0.0916 e. The summed E-state index contributed by atoms with van der Waals surface area (Å²) in [6.45, 7) is 6.43. The van der Waals surface area contributed by atoms with Crippen LogP contribution in [0.4, 0.5) is 0 Å². The Morgan fingerprint density at radius 3 is 2.25 bits per heavy atom. The molecule has 1 aromatic rings. The molecule has 20 heavy (non-hydrogen) atoms. The van der Waals surface area contributed by atoms with Crippen LogP contribution in [-0.4, -0.2) is 54.2 Å². The zero-order valence-corrected chi connectivity index (χ0v) is 12.6. The second-order valence-electron chi connectivity index (χ2n) is 6.11. The van der Waals surface area contributed by atoms with Gasteiger partial charge in [0.1, 0.15) is 0 Å². The van der Waals surface area contributed by atoms with Crippen LogP contribution in [0.25, 0.3) is 0 Å². The van der Waals surface area contributed by atoms with Crippen LogP contribution in [0.5, 0.6) is 0 Å². The van der Waals surface area contributed by atoms with Gasteiger partial charge in [0.2, 0.25) is 0 Å². The van der Waals surface area contributed by atoms with Gasteiger partial charge in [-0.3, -0.25) is 4.90 Å². The summed E-state index contributed by atoms with van der Waals surface area (Å²) in [7, 11) is 0. The minimum absolute atomic E-state index is 0.415. The van der Waals surface area contributed by atoms with E-state index in [-0.39, 0.29) is 0 Å². The minimum Gasteiger partial charge on any atom is -0.387 e. The Kier molecular flexibility index (Phi) is 4.61. The van der Waals surface area contributed by atoms with E-state index in [9.17, 15) is 5.11 Å². The lowest BCUT2D eigenvalue weighted by molar-refractivity contribution is 0.0710. The molecule has 1 saturated carbocycles. The fourth-order valence-electron chi connectivity index (χ4n) is 2.85. The zero-order valence-electron chi connectivity index (χ0n) is 11.8. The highest BCUT2D eigenvalue weighted by atomic mass is 35.5. The van der Waals surface area contributed by atoms with Crippen molar-refractivity contribution >= 4 is 11.6 Å². The Bertz CT molecular complexity index is 425. The van der Waals surface area contributed by atoms with Gasteiger partial charge in [0.15, 0.2) is 0 Å². The molecule has 1 saturated heterocycles. The number of benzene rings is 1. The fraction of sp³-hybridized carbons (Fsp3) is 0.625. The van der Waals surface area contributed by atoms with Crippen LogP contribution in [0.2, 0.25) is 5.02 Å². The summed E-state index contributed by atoms with van der Waals surface area (Å²) in [5.74, 6) is 0.973. The predicted molar refractivity (Wildman–Crippen MR) is 82.0 cm³/mol. The van der Waals surface area contributed by atoms with Gasteiger partial charge >= 0.3 is 0 Å². The molecule has 3 nitrogen and oxygen atoms in total. The molecule has 4 heteroatoms. The van der Waals surface area contributed by atoms with Gasteiger partial charge in [0.25, 0.3) is 0 Å². The summed E-state index contributed by atoms with van der Waals surface area (Å²) in [6, 6.07) is 7.51. The number of halogens is 1. The molecule has 0 radical (unpaired) electrons. The number of hydrogen-bond acceptors (Lipinski definition) is 3. The van der Waals surface area contributed by atoms with Crippen LogP contribution >= 0.6 is 11.6 Å². The van der Waals surface area contributed by atoms with Gasteiger partial charge in [-0.2, -0.15) is 0 Å². The summed E-state index contributed by atoms with van der Waals surface area (Å²) >= 11 is 5.87. The Morgan fingerprint density at radius 2 is 1.65 bits per heavy atom. The standard InChI is InChI=1S/C16H23ClN2O/c17-15-5-3-14(4-6-15)16(20)12-19-9-7-18(8-10-19)11-13-1-2-13/h3-6,13,16,20H,1-2,7-12H2. The average molecular weight is 295 g/mol. The number of piperazine rings is 1. The average Bonchev–Trinajstić information content (AvgIpc) is 3.26. The van der Waals surface area contributed by atoms with Crippen molar-refractivity contribution in [3.63, 3.8) is 0 Å². The molecule has 0 aromatic heterocycles. The number of hydrogen-bond donors (Lipinski definition) is 1. The number of rotatable bonds is 5. The van der Waals surface area contributed by atoms with Gasteiger partial charge in [0.05, 0.1) is 6.10 Å². The summed E-state index contributed by atoms with van der Waals surface area (Å²) < 4.78 is 0. The van der Waals surface area contributed by atoms with Gasteiger partial charge in [-0.05, 0) is 36.5 Å². The van der Waals surface area contributed by atoms with Crippen molar-refractivity contribution in [3.8, 4) is 0 Å². The minimum atomic E-state index is -0.415. The first-order valence-corrected chi connectivity index (χ1v) is 7.97. The van der Waals surface area contributed by atoms with Crippen molar-refractivity contribution in [2.75, 3.05) is 39.3 Å². The van der Waals surface area contributed by atoms with E-state index in [4.69, 9.17) is 11.6 Å². The van der Waals surface area contributed by atoms with Gasteiger partial charge in [-0.25, -0.2) is 0 Å². The highest BCUT2D eigenvalue weighted by Crippen LogP contribution is 2.30. The number of β-amino-alcohol motifs (C(OH)–C–C–N with tert-alkyl or cyclic N) is 1. The molecule has 1 heterocycles. The molecule has 1 aliphatic carbocycles. The molecular formula is C16H23ClN2O. The molecule has 0 spiro atoms. The molecule has 1 aliphatic heterocycles. The van der Waals surface area contributed by atoms with Gasteiger partial charge in [-0.1, -0.05) is 23.7 Å². The topological polar surface area (TPSA) is 26.7 Å². The van der Waals surface area contributed by atoms with E-state index in [2.05, 4.69) is 9.80 Å². The van der Waals surface area contributed by atoms with E-state index in [0.717, 1.165) is 49.2 Å². The van der Waals surface area contributed by atoms with Crippen LogP contribution in [0.1, 0.15) is 24.5 Å². The zero-order chi connectivity index (χ0) is 13.9. The van der Waals surface area contributed by atoms with Crippen LogP contribution < -0.4 is 0 Å². The van der Waals surface area contributed by atoms with E-state index >= 15 is 0 Å². The third-order valence-electron chi connectivity index (χ3n) is 4.36. The lowest BCUT2D eigenvalue weighted by atomic mass is 10.1. The van der Waals surface area contributed by atoms with Gasteiger partial charge in [-0.15, -0.1) is 0 Å². The number of nitrogens with zero attached hydrogens (tertiary/aromatic N) is 2. The third-order valence-corrected chi connectivity index (χ3v) is 4.62. The molecule has 1 aromatic carbocycles. The highest BCUT2D eigenvalue weighted by Gasteiger charge is 2.26. The molecular weight excluding hydrogens is 272 g/mol. The molecule has 2 fully saturated rings. The van der Waals surface area contributed by atoms with Crippen molar-refractivity contribution in [2.45, 2.75) is 18.9 Å². The van der Waals surface area contributed by atoms with Crippen LogP contribution in [0.15, 0.2) is 24.3 Å². The van der Waals surface area contributed by atoms with E-state index < -0.39 is 6.10 Å². The monoisotopic (exact) mass is 294 g/mol. The second kappa shape index (κ2) is 6.44. The Morgan fingerprint density at radius 1 is 1.05 bits per heavy atom. The first-order chi connectivity index (χ1) is 9.70. The molecule has 1 atom stereocenters. The first-order valence-electron chi connectivity index (χ1n) is 7.59. The molecule has 1 unspecified atom stereocenters. The Balaban J connectivity index is 1.45. The lowest BCUT2D eigenvalue weighted by Crippen LogP contribution is -2.47. The van der Waals surface area contributed by atoms with E-state index in [0.29, 0.717) is 0 Å². The van der Waals surface area contributed by atoms with E-state index in [1.165, 1.54) is 19.4 Å². The number of aliphatic hydroxyl groups is 1. The molecule has 0 bridgehead atoms. The normalized spacial score (nSPS) is 22.9. The molecule has 3 rings (SSSR count). The highest BCUT2D eigenvalue weighted by molar-refractivity contribution is 6.30. The summed E-state index contributed by atoms with van der Waals surface area (Å²) in [5, 5.41) is 11.0. The summed E-state index contributed by atoms with van der Waals surface area (Å²) in [4.78, 5) is 4.94. The fourth-order valence-corrected chi connectivity index (χ4v) is 2.98.